The number of benzene rings is 2. The van der Waals surface area contributed by atoms with Gasteiger partial charge in [-0.05, 0) is 44.5 Å². The van der Waals surface area contributed by atoms with E-state index in [-0.39, 0.29) is 0 Å². The highest BCUT2D eigenvalue weighted by molar-refractivity contribution is 6.21. The SMILES string of the molecule is CCC(C(C)=C(C)[SiH3])N(c1ccccc1)c1ccccc1. The molecule has 21 heavy (non-hydrogen) atoms. The molecule has 0 aromatic heterocycles. The first kappa shape index (κ1) is 15.6. The van der Waals surface area contributed by atoms with E-state index in [0.29, 0.717) is 6.04 Å². The second kappa shape index (κ2) is 7.28. The summed E-state index contributed by atoms with van der Waals surface area (Å²) in [7, 11) is 1.13. The topological polar surface area (TPSA) is 3.24 Å². The number of rotatable bonds is 5. The summed E-state index contributed by atoms with van der Waals surface area (Å²) in [5.41, 5.74) is 4.03. The lowest BCUT2D eigenvalue weighted by molar-refractivity contribution is 0.709. The fourth-order valence-corrected chi connectivity index (χ4v) is 3.04. The largest absolute Gasteiger partial charge is 0.334 e. The zero-order chi connectivity index (χ0) is 15.2. The number of hydrogen-bond acceptors (Lipinski definition) is 1. The lowest BCUT2D eigenvalue weighted by Crippen LogP contribution is -2.32. The highest BCUT2D eigenvalue weighted by Crippen LogP contribution is 2.32. The number of hydrogen-bond donors (Lipinski definition) is 0. The normalized spacial score (nSPS) is 13.7. The lowest BCUT2D eigenvalue weighted by Gasteiger charge is -2.35. The van der Waals surface area contributed by atoms with Crippen LogP contribution in [0.1, 0.15) is 27.2 Å². The third-order valence-electron chi connectivity index (χ3n) is 4.06. The Labute approximate surface area is 131 Å². The Morgan fingerprint density at radius 3 is 1.67 bits per heavy atom. The van der Waals surface area contributed by atoms with Crippen molar-refractivity contribution in [2.24, 2.45) is 0 Å². The van der Waals surface area contributed by atoms with Crippen molar-refractivity contribution in [3.8, 4) is 0 Å². The third kappa shape index (κ3) is 3.64. The van der Waals surface area contributed by atoms with Gasteiger partial charge in [-0.15, -0.1) is 0 Å². The van der Waals surface area contributed by atoms with Crippen molar-refractivity contribution in [2.45, 2.75) is 33.2 Å². The lowest BCUT2D eigenvalue weighted by atomic mass is 10.0. The molecular formula is C19H25NSi. The Bertz CT molecular complexity index is 546. The molecule has 0 aliphatic heterocycles. The fraction of sp³-hybridized carbons (Fsp3) is 0.263. The van der Waals surface area contributed by atoms with Gasteiger partial charge >= 0.3 is 0 Å². The summed E-state index contributed by atoms with van der Waals surface area (Å²) in [5.74, 6) is 0. The van der Waals surface area contributed by atoms with Crippen LogP contribution in [0, 0.1) is 0 Å². The number of allylic oxidation sites excluding steroid dienone is 1. The molecular weight excluding hydrogens is 270 g/mol. The summed E-state index contributed by atoms with van der Waals surface area (Å²) in [6.07, 6.45) is 1.11. The molecule has 1 unspecified atom stereocenters. The van der Waals surface area contributed by atoms with Crippen LogP contribution >= 0.6 is 0 Å². The van der Waals surface area contributed by atoms with E-state index in [0.717, 1.165) is 16.7 Å². The number of anilines is 2. The second-order valence-electron chi connectivity index (χ2n) is 5.65. The molecule has 1 atom stereocenters. The molecule has 0 heterocycles. The van der Waals surface area contributed by atoms with Crippen LogP contribution in [0.2, 0.25) is 0 Å². The van der Waals surface area contributed by atoms with Crippen LogP contribution in [0.25, 0.3) is 0 Å². The first-order chi connectivity index (χ1) is 10.1. The summed E-state index contributed by atoms with van der Waals surface area (Å²) >= 11 is 0. The quantitative estimate of drug-likeness (QED) is 0.745. The van der Waals surface area contributed by atoms with Gasteiger partial charge in [-0.1, -0.05) is 54.1 Å². The van der Waals surface area contributed by atoms with Gasteiger partial charge in [0.1, 0.15) is 0 Å². The molecule has 0 radical (unpaired) electrons. The average Bonchev–Trinajstić information content (AvgIpc) is 2.53. The van der Waals surface area contributed by atoms with Crippen LogP contribution in [-0.2, 0) is 0 Å². The van der Waals surface area contributed by atoms with Crippen LogP contribution in [0.4, 0.5) is 11.4 Å². The number of para-hydroxylation sites is 2. The van der Waals surface area contributed by atoms with Gasteiger partial charge in [0, 0.05) is 21.6 Å². The van der Waals surface area contributed by atoms with Crippen molar-refractivity contribution >= 4 is 21.6 Å². The molecule has 0 aliphatic carbocycles. The van der Waals surface area contributed by atoms with Gasteiger partial charge in [0.15, 0.2) is 0 Å². The third-order valence-corrected chi connectivity index (χ3v) is 4.84. The van der Waals surface area contributed by atoms with Gasteiger partial charge in [0.05, 0.1) is 6.04 Å². The average molecular weight is 296 g/mol. The summed E-state index contributed by atoms with van der Waals surface area (Å²) in [6.45, 7) is 6.82. The van der Waals surface area contributed by atoms with Crippen LogP contribution in [0.15, 0.2) is 71.4 Å². The minimum atomic E-state index is 0.423. The maximum atomic E-state index is 2.47. The zero-order valence-electron chi connectivity index (χ0n) is 13.5. The highest BCUT2D eigenvalue weighted by Gasteiger charge is 2.21. The molecule has 110 valence electrons. The summed E-state index contributed by atoms with van der Waals surface area (Å²) in [6, 6.07) is 21.8. The molecule has 2 heteroatoms. The second-order valence-corrected chi connectivity index (χ2v) is 7.15. The molecule has 1 nitrogen and oxygen atoms in total. The van der Waals surface area contributed by atoms with Crippen molar-refractivity contribution in [1.29, 1.82) is 0 Å². The fourth-order valence-electron chi connectivity index (χ4n) is 2.70. The van der Waals surface area contributed by atoms with E-state index in [1.54, 1.807) is 5.20 Å². The maximum Gasteiger partial charge on any atom is 0.0544 e. The Kier molecular flexibility index (Phi) is 5.40. The molecule has 0 spiro atoms. The molecule has 0 saturated heterocycles. The molecule has 0 fully saturated rings. The summed E-state index contributed by atoms with van der Waals surface area (Å²) < 4.78 is 0. The molecule has 2 rings (SSSR count). The summed E-state index contributed by atoms with van der Waals surface area (Å²) in [4.78, 5) is 2.47. The highest BCUT2D eigenvalue weighted by atomic mass is 28.1. The van der Waals surface area contributed by atoms with Gasteiger partial charge in [-0.2, -0.15) is 0 Å². The van der Waals surface area contributed by atoms with Crippen molar-refractivity contribution in [3.63, 3.8) is 0 Å². The monoisotopic (exact) mass is 295 g/mol. The van der Waals surface area contributed by atoms with E-state index in [1.165, 1.54) is 16.9 Å². The van der Waals surface area contributed by atoms with Gasteiger partial charge in [0.2, 0.25) is 0 Å². The van der Waals surface area contributed by atoms with Gasteiger partial charge in [0.25, 0.3) is 0 Å². The van der Waals surface area contributed by atoms with Crippen molar-refractivity contribution in [1.82, 2.24) is 0 Å². The predicted molar refractivity (Wildman–Crippen MR) is 97.4 cm³/mol. The van der Waals surface area contributed by atoms with Crippen molar-refractivity contribution in [2.75, 3.05) is 4.90 Å². The zero-order valence-corrected chi connectivity index (χ0v) is 15.5. The van der Waals surface area contributed by atoms with E-state index in [4.69, 9.17) is 0 Å². The van der Waals surface area contributed by atoms with Crippen molar-refractivity contribution in [3.05, 3.63) is 71.4 Å². The molecule has 0 aliphatic rings. The van der Waals surface area contributed by atoms with Gasteiger partial charge in [-0.3, -0.25) is 0 Å². The maximum absolute atomic E-state index is 2.47. The smallest absolute Gasteiger partial charge is 0.0544 e. The van der Waals surface area contributed by atoms with Crippen LogP contribution in [0.3, 0.4) is 0 Å². The molecule has 0 amide bonds. The Hall–Kier alpha value is -1.80. The van der Waals surface area contributed by atoms with E-state index >= 15 is 0 Å². The van der Waals surface area contributed by atoms with Gasteiger partial charge < -0.3 is 4.90 Å². The van der Waals surface area contributed by atoms with Crippen LogP contribution < -0.4 is 4.90 Å². The minimum absolute atomic E-state index is 0.423. The van der Waals surface area contributed by atoms with E-state index in [1.807, 2.05) is 0 Å². The number of nitrogens with zero attached hydrogens (tertiary/aromatic N) is 1. The van der Waals surface area contributed by atoms with Gasteiger partial charge in [-0.25, -0.2) is 0 Å². The standard InChI is InChI=1S/C19H25NSi/c1-4-19(15(2)16(3)21)20(17-11-7-5-8-12-17)18-13-9-6-10-14-18/h5-14,19H,4H2,1-3,21H3. The molecule has 0 N–H and O–H groups in total. The van der Waals surface area contributed by atoms with E-state index in [2.05, 4.69) is 86.3 Å². The first-order valence-electron chi connectivity index (χ1n) is 7.68. The molecule has 2 aromatic rings. The molecule has 2 aromatic carbocycles. The van der Waals surface area contributed by atoms with Crippen LogP contribution in [-0.4, -0.2) is 16.3 Å². The molecule has 0 bridgehead atoms. The minimum Gasteiger partial charge on any atom is -0.334 e. The Balaban J connectivity index is 2.53. The van der Waals surface area contributed by atoms with E-state index in [9.17, 15) is 0 Å². The summed E-state index contributed by atoms with van der Waals surface area (Å²) in [5, 5.41) is 1.54. The Morgan fingerprint density at radius 1 is 0.905 bits per heavy atom. The van der Waals surface area contributed by atoms with Crippen molar-refractivity contribution < 1.29 is 0 Å². The predicted octanol–water partition coefficient (Wildman–Crippen LogP) is 4.26. The Morgan fingerprint density at radius 2 is 1.33 bits per heavy atom. The first-order valence-corrected chi connectivity index (χ1v) is 8.68. The van der Waals surface area contributed by atoms with E-state index < -0.39 is 0 Å². The van der Waals surface area contributed by atoms with Crippen LogP contribution in [0.5, 0.6) is 0 Å². The molecule has 0 saturated carbocycles.